The van der Waals surface area contributed by atoms with Gasteiger partial charge in [-0.25, -0.2) is 0 Å². The number of aromatic hydroxyl groups is 1. The Morgan fingerprint density at radius 3 is 1.69 bits per heavy atom. The summed E-state index contributed by atoms with van der Waals surface area (Å²) in [7, 11) is 0. The van der Waals surface area contributed by atoms with Gasteiger partial charge in [0.05, 0.1) is 10.0 Å². The minimum Gasteiger partial charge on any atom is -0.505 e. The van der Waals surface area contributed by atoms with Crippen molar-refractivity contribution < 1.29 is 19.4 Å². The van der Waals surface area contributed by atoms with Crippen LogP contribution in [0.4, 0.5) is 0 Å². The van der Waals surface area contributed by atoms with Crippen molar-refractivity contribution >= 4 is 34.8 Å². The van der Waals surface area contributed by atoms with Crippen LogP contribution in [-0.2, 0) is 14.3 Å². The zero-order valence-corrected chi connectivity index (χ0v) is 18.5. The molecule has 1 heterocycles. The second-order valence-electron chi connectivity index (χ2n) is 9.92. The molecule has 0 saturated heterocycles. The lowest BCUT2D eigenvalue weighted by atomic mass is 9.65. The molecule has 2 aliphatic carbocycles. The smallest absolute Gasteiger partial charge is 0.163 e. The standard InChI is InChI=1S/C23H24Cl2O4/c1-22(2)7-14(26)19-16(9-22)29-17-10-23(3,4)8-15(27)20(17)18(19)11-5-12(24)21(28)13(25)6-11/h5-6,18,28H,7-10H2,1-4H3. The summed E-state index contributed by atoms with van der Waals surface area (Å²) in [5, 5.41) is 10.2. The normalized spacial score (nSPS) is 23.7. The molecule has 0 saturated carbocycles. The summed E-state index contributed by atoms with van der Waals surface area (Å²) < 4.78 is 6.24. The number of phenolic OH excluding ortho intramolecular Hbond substituents is 1. The summed E-state index contributed by atoms with van der Waals surface area (Å²) >= 11 is 12.4. The Labute approximate surface area is 180 Å². The monoisotopic (exact) mass is 434 g/mol. The van der Waals surface area contributed by atoms with Crippen LogP contribution in [0.3, 0.4) is 0 Å². The van der Waals surface area contributed by atoms with Gasteiger partial charge >= 0.3 is 0 Å². The Morgan fingerprint density at radius 1 is 0.862 bits per heavy atom. The maximum Gasteiger partial charge on any atom is 0.163 e. The Hall–Kier alpha value is -1.78. The van der Waals surface area contributed by atoms with E-state index in [4.69, 9.17) is 27.9 Å². The highest BCUT2D eigenvalue weighted by Crippen LogP contribution is 2.54. The van der Waals surface area contributed by atoms with E-state index in [2.05, 4.69) is 0 Å². The second kappa shape index (κ2) is 6.61. The highest BCUT2D eigenvalue weighted by molar-refractivity contribution is 6.37. The lowest BCUT2D eigenvalue weighted by Crippen LogP contribution is -2.37. The third-order valence-corrected chi connectivity index (χ3v) is 6.53. The third-order valence-electron chi connectivity index (χ3n) is 5.95. The number of Topliss-reactive ketones (excluding diaryl/α,β-unsaturated/α-hetero) is 2. The summed E-state index contributed by atoms with van der Waals surface area (Å²) in [6.07, 6.45) is 2.01. The first kappa shape index (κ1) is 20.5. The van der Waals surface area contributed by atoms with E-state index < -0.39 is 5.92 Å². The van der Waals surface area contributed by atoms with Gasteiger partial charge in [0.2, 0.25) is 0 Å². The van der Waals surface area contributed by atoms with Gasteiger partial charge in [0.15, 0.2) is 17.3 Å². The minimum absolute atomic E-state index is 0.0225. The average molecular weight is 435 g/mol. The summed E-state index contributed by atoms with van der Waals surface area (Å²) in [5.74, 6) is 0.453. The molecule has 4 rings (SSSR count). The molecular weight excluding hydrogens is 411 g/mol. The van der Waals surface area contributed by atoms with Crippen LogP contribution in [-0.4, -0.2) is 16.7 Å². The van der Waals surface area contributed by atoms with Crippen LogP contribution in [0, 0.1) is 10.8 Å². The highest BCUT2D eigenvalue weighted by Gasteiger charge is 2.47. The first-order valence-electron chi connectivity index (χ1n) is 9.77. The quantitative estimate of drug-likeness (QED) is 0.579. The number of carbonyl (C=O) groups excluding carboxylic acids is 2. The zero-order valence-electron chi connectivity index (χ0n) is 17.0. The predicted molar refractivity (Wildman–Crippen MR) is 112 cm³/mol. The largest absolute Gasteiger partial charge is 0.505 e. The summed E-state index contributed by atoms with van der Waals surface area (Å²) in [6.45, 7) is 8.17. The summed E-state index contributed by atoms with van der Waals surface area (Å²) in [4.78, 5) is 26.4. The zero-order chi connectivity index (χ0) is 21.3. The summed E-state index contributed by atoms with van der Waals surface area (Å²) in [5.41, 5.74) is 1.25. The first-order valence-corrected chi connectivity index (χ1v) is 10.5. The molecule has 29 heavy (non-hydrogen) atoms. The minimum atomic E-state index is -0.573. The number of allylic oxidation sites excluding steroid dienone is 4. The van der Waals surface area contributed by atoms with Gasteiger partial charge in [-0.3, -0.25) is 9.59 Å². The maximum absolute atomic E-state index is 13.2. The molecule has 0 unspecified atom stereocenters. The van der Waals surface area contributed by atoms with Crippen molar-refractivity contribution in [1.82, 2.24) is 0 Å². The molecule has 0 atom stereocenters. The molecule has 0 spiro atoms. The van der Waals surface area contributed by atoms with Crippen LogP contribution in [0.15, 0.2) is 34.8 Å². The van der Waals surface area contributed by atoms with Crippen molar-refractivity contribution in [2.75, 3.05) is 0 Å². The molecule has 0 radical (unpaired) electrons. The van der Waals surface area contributed by atoms with E-state index in [0.29, 0.717) is 53.9 Å². The average Bonchev–Trinajstić information content (AvgIpc) is 2.55. The topological polar surface area (TPSA) is 63.6 Å². The van der Waals surface area contributed by atoms with Gasteiger partial charge in [0.25, 0.3) is 0 Å². The Balaban J connectivity index is 1.95. The van der Waals surface area contributed by atoms with Gasteiger partial charge in [-0.05, 0) is 28.5 Å². The molecule has 0 amide bonds. The molecule has 4 nitrogen and oxygen atoms in total. The molecule has 3 aliphatic rings. The number of ether oxygens (including phenoxy) is 1. The van der Waals surface area contributed by atoms with E-state index >= 15 is 0 Å². The van der Waals surface area contributed by atoms with E-state index in [1.807, 2.05) is 27.7 Å². The number of rotatable bonds is 1. The lowest BCUT2D eigenvalue weighted by Gasteiger charge is -2.42. The molecule has 1 aromatic rings. The van der Waals surface area contributed by atoms with E-state index in [-0.39, 0.29) is 38.2 Å². The van der Waals surface area contributed by atoms with Gasteiger partial charge in [0.1, 0.15) is 11.5 Å². The fourth-order valence-corrected chi connectivity index (χ4v) is 5.26. The molecule has 1 N–H and O–H groups in total. The number of benzene rings is 1. The van der Waals surface area contributed by atoms with Crippen LogP contribution in [0.25, 0.3) is 0 Å². The van der Waals surface area contributed by atoms with Crippen LogP contribution >= 0.6 is 23.2 Å². The molecule has 154 valence electrons. The number of phenols is 1. The van der Waals surface area contributed by atoms with Crippen molar-refractivity contribution in [3.63, 3.8) is 0 Å². The molecule has 0 fully saturated rings. The van der Waals surface area contributed by atoms with Crippen molar-refractivity contribution in [3.05, 3.63) is 50.4 Å². The van der Waals surface area contributed by atoms with Gasteiger partial charge in [-0.15, -0.1) is 0 Å². The van der Waals surface area contributed by atoms with Crippen molar-refractivity contribution in [1.29, 1.82) is 0 Å². The van der Waals surface area contributed by atoms with E-state index in [1.54, 1.807) is 12.1 Å². The molecular formula is C23H24Cl2O4. The fraction of sp³-hybridized carbons (Fsp3) is 0.478. The van der Waals surface area contributed by atoms with Crippen molar-refractivity contribution in [2.45, 2.75) is 59.3 Å². The van der Waals surface area contributed by atoms with E-state index in [1.165, 1.54) is 0 Å². The van der Waals surface area contributed by atoms with Crippen LogP contribution in [0.2, 0.25) is 10.0 Å². The highest BCUT2D eigenvalue weighted by atomic mass is 35.5. The van der Waals surface area contributed by atoms with Crippen molar-refractivity contribution in [3.8, 4) is 5.75 Å². The molecule has 0 bridgehead atoms. The Kier molecular flexibility index (Phi) is 4.67. The SMILES string of the molecule is CC1(C)CC(=O)C2=C(C1)OC1=C(C(=O)CC(C)(C)C1)C2c1cc(Cl)c(O)c(Cl)c1. The van der Waals surface area contributed by atoms with Crippen LogP contribution < -0.4 is 0 Å². The Morgan fingerprint density at radius 2 is 1.28 bits per heavy atom. The molecule has 1 aromatic carbocycles. The second-order valence-corrected chi connectivity index (χ2v) is 10.7. The predicted octanol–water partition coefficient (Wildman–Crippen LogP) is 6.10. The van der Waals surface area contributed by atoms with Crippen molar-refractivity contribution in [2.24, 2.45) is 10.8 Å². The van der Waals surface area contributed by atoms with Gasteiger partial charge < -0.3 is 9.84 Å². The number of halogens is 2. The molecule has 6 heteroatoms. The molecule has 0 aromatic heterocycles. The fourth-order valence-electron chi connectivity index (χ4n) is 4.76. The maximum atomic E-state index is 13.2. The van der Waals surface area contributed by atoms with E-state index in [0.717, 1.165) is 0 Å². The lowest BCUT2D eigenvalue weighted by molar-refractivity contribution is -0.120. The third kappa shape index (κ3) is 3.51. The first-order chi connectivity index (χ1) is 13.4. The van der Waals surface area contributed by atoms with Gasteiger partial charge in [-0.1, -0.05) is 50.9 Å². The number of ketones is 2. The number of hydrogen-bond donors (Lipinski definition) is 1. The van der Waals surface area contributed by atoms with Gasteiger partial charge in [-0.2, -0.15) is 0 Å². The van der Waals surface area contributed by atoms with Crippen LogP contribution in [0.5, 0.6) is 5.75 Å². The number of hydrogen-bond acceptors (Lipinski definition) is 4. The summed E-state index contributed by atoms with van der Waals surface area (Å²) in [6, 6.07) is 3.18. The molecule has 1 aliphatic heterocycles. The number of carbonyl (C=O) groups is 2. The van der Waals surface area contributed by atoms with Crippen LogP contribution in [0.1, 0.15) is 64.9 Å². The Bertz CT molecular complexity index is 939. The van der Waals surface area contributed by atoms with Gasteiger partial charge in [0, 0.05) is 42.7 Å². The van der Waals surface area contributed by atoms with E-state index in [9.17, 15) is 14.7 Å².